The molecule has 196 valence electrons. The van der Waals surface area contributed by atoms with Crippen LogP contribution in [0.3, 0.4) is 0 Å². The van der Waals surface area contributed by atoms with E-state index in [2.05, 4.69) is 15.5 Å². The second kappa shape index (κ2) is 9.91. The van der Waals surface area contributed by atoms with E-state index in [1.165, 1.54) is 10.5 Å². The average molecular weight is 523 g/mol. The van der Waals surface area contributed by atoms with E-state index in [0.29, 0.717) is 36.7 Å². The Morgan fingerprint density at radius 1 is 0.784 bits per heavy atom. The summed E-state index contributed by atoms with van der Waals surface area (Å²) >= 11 is 0. The number of piperazine rings is 1. The van der Waals surface area contributed by atoms with Crippen LogP contribution in [0.1, 0.15) is 22.3 Å². The number of hydrogen-bond donors (Lipinski definition) is 1. The van der Waals surface area contributed by atoms with Crippen LogP contribution in [0, 0.1) is 13.8 Å². The summed E-state index contributed by atoms with van der Waals surface area (Å²) in [7, 11) is 0. The van der Waals surface area contributed by atoms with Gasteiger partial charge in [0.1, 0.15) is 0 Å². The first-order valence-electron chi connectivity index (χ1n) is 11.3. The number of urea groups is 1. The Bertz CT molecular complexity index is 1250. The van der Waals surface area contributed by atoms with Crippen LogP contribution in [-0.4, -0.2) is 47.3 Å². The lowest BCUT2D eigenvalue weighted by Crippen LogP contribution is -2.50. The summed E-state index contributed by atoms with van der Waals surface area (Å²) in [5, 5.41) is 10.7. The van der Waals surface area contributed by atoms with Gasteiger partial charge in [0.15, 0.2) is 5.82 Å². The number of carbonyl (C=O) groups is 1. The lowest BCUT2D eigenvalue weighted by atomic mass is 10.0. The highest BCUT2D eigenvalue weighted by molar-refractivity contribution is 5.89. The third-order valence-corrected chi connectivity index (χ3v) is 6.18. The van der Waals surface area contributed by atoms with E-state index in [4.69, 9.17) is 0 Å². The number of rotatable bonds is 3. The molecule has 0 saturated carbocycles. The molecular formula is C25H23F6N5O. The molecule has 0 bridgehead atoms. The fourth-order valence-electron chi connectivity index (χ4n) is 3.92. The van der Waals surface area contributed by atoms with Crippen molar-refractivity contribution in [2.45, 2.75) is 26.2 Å². The SMILES string of the molecule is Cc1ccc(-c2ccc(N3CCN(C(=O)Nc4cc(C(F)(F)F)cc(C(F)(F)F)c4)CC3)nn2)cc1C. The number of anilines is 2. The number of hydrogen-bond acceptors (Lipinski definition) is 4. The molecule has 0 spiro atoms. The standard InChI is InChI=1S/C25H23F6N5O/c1-15-3-4-17(11-16(15)2)21-5-6-22(34-33-21)35-7-9-36(10-8-35)23(37)32-20-13-18(24(26,27)28)12-19(14-20)25(29,30)31/h3-6,11-14H,7-10H2,1-2H3,(H,32,37). The van der Waals surface area contributed by atoms with Crippen LogP contribution in [0.4, 0.5) is 42.6 Å². The monoisotopic (exact) mass is 523 g/mol. The van der Waals surface area contributed by atoms with Crippen LogP contribution >= 0.6 is 0 Å². The van der Waals surface area contributed by atoms with Gasteiger partial charge in [0.2, 0.25) is 0 Å². The number of amides is 2. The fourth-order valence-corrected chi connectivity index (χ4v) is 3.92. The molecule has 1 aliphatic rings. The molecule has 2 amide bonds. The second-order valence-corrected chi connectivity index (χ2v) is 8.77. The second-order valence-electron chi connectivity index (χ2n) is 8.77. The highest BCUT2D eigenvalue weighted by Gasteiger charge is 2.37. The van der Waals surface area contributed by atoms with Crippen LogP contribution in [0.2, 0.25) is 0 Å². The summed E-state index contributed by atoms with van der Waals surface area (Å²) in [4.78, 5) is 15.8. The van der Waals surface area contributed by atoms with Crippen molar-refractivity contribution in [2.24, 2.45) is 0 Å². The third kappa shape index (κ3) is 6.12. The van der Waals surface area contributed by atoms with Crippen LogP contribution in [0.25, 0.3) is 11.3 Å². The number of alkyl halides is 6. The summed E-state index contributed by atoms with van der Waals surface area (Å²) in [6.45, 7) is 5.14. The van der Waals surface area contributed by atoms with Gasteiger partial charge in [-0.25, -0.2) is 4.79 Å². The van der Waals surface area contributed by atoms with Gasteiger partial charge in [-0.05, 0) is 61.4 Å². The zero-order chi connectivity index (χ0) is 27.0. The first kappa shape index (κ1) is 26.2. The van der Waals surface area contributed by atoms with Crippen molar-refractivity contribution in [2.75, 3.05) is 36.4 Å². The van der Waals surface area contributed by atoms with E-state index in [9.17, 15) is 31.1 Å². The predicted molar refractivity (Wildman–Crippen MR) is 126 cm³/mol. The number of halogens is 6. The van der Waals surface area contributed by atoms with Crippen LogP contribution < -0.4 is 10.2 Å². The van der Waals surface area contributed by atoms with Crippen molar-refractivity contribution in [1.29, 1.82) is 0 Å². The predicted octanol–water partition coefficient (Wildman–Crippen LogP) is 6.15. The molecular weight excluding hydrogens is 500 g/mol. The van der Waals surface area contributed by atoms with E-state index < -0.39 is 35.2 Å². The Balaban J connectivity index is 1.40. The van der Waals surface area contributed by atoms with Gasteiger partial charge in [0.25, 0.3) is 0 Å². The van der Waals surface area contributed by atoms with Crippen molar-refractivity contribution in [3.63, 3.8) is 0 Å². The molecule has 1 saturated heterocycles. The van der Waals surface area contributed by atoms with Gasteiger partial charge in [-0.1, -0.05) is 12.1 Å². The Kier molecular flexibility index (Phi) is 7.03. The highest BCUT2D eigenvalue weighted by atomic mass is 19.4. The molecule has 0 atom stereocenters. The van der Waals surface area contributed by atoms with Gasteiger partial charge < -0.3 is 15.1 Å². The maximum atomic E-state index is 13.1. The molecule has 12 heteroatoms. The van der Waals surface area contributed by atoms with Crippen molar-refractivity contribution >= 4 is 17.5 Å². The van der Waals surface area contributed by atoms with E-state index in [-0.39, 0.29) is 19.2 Å². The molecule has 37 heavy (non-hydrogen) atoms. The summed E-state index contributed by atoms with van der Waals surface area (Å²) in [6, 6.07) is 9.85. The van der Waals surface area contributed by atoms with Gasteiger partial charge >= 0.3 is 18.4 Å². The molecule has 1 aromatic heterocycles. The molecule has 1 fully saturated rings. The fraction of sp³-hybridized carbons (Fsp3) is 0.320. The Hall–Kier alpha value is -3.83. The Morgan fingerprint density at radius 2 is 1.41 bits per heavy atom. The van der Waals surface area contributed by atoms with Gasteiger partial charge in [-0.2, -0.15) is 26.3 Å². The maximum Gasteiger partial charge on any atom is 0.416 e. The zero-order valence-corrected chi connectivity index (χ0v) is 19.9. The number of nitrogens with zero attached hydrogens (tertiary/aromatic N) is 4. The van der Waals surface area contributed by atoms with Crippen LogP contribution in [0.5, 0.6) is 0 Å². The first-order chi connectivity index (χ1) is 17.3. The maximum absolute atomic E-state index is 13.1. The zero-order valence-electron chi connectivity index (χ0n) is 19.9. The number of benzene rings is 2. The molecule has 3 aromatic rings. The topological polar surface area (TPSA) is 61.4 Å². The molecule has 6 nitrogen and oxygen atoms in total. The summed E-state index contributed by atoms with van der Waals surface area (Å²) in [5.74, 6) is 0.598. The largest absolute Gasteiger partial charge is 0.416 e. The molecule has 2 aromatic carbocycles. The quantitative estimate of drug-likeness (QED) is 0.419. The smallest absolute Gasteiger partial charge is 0.352 e. The molecule has 4 rings (SSSR count). The number of aromatic nitrogens is 2. The van der Waals surface area contributed by atoms with Crippen LogP contribution in [-0.2, 0) is 12.4 Å². The van der Waals surface area contributed by atoms with Gasteiger partial charge in [-0.3, -0.25) is 0 Å². The number of carbonyl (C=O) groups excluding carboxylic acids is 1. The molecule has 0 unspecified atom stereocenters. The van der Waals surface area contributed by atoms with Gasteiger partial charge in [0.05, 0.1) is 16.8 Å². The number of nitrogens with one attached hydrogen (secondary N) is 1. The molecule has 0 aliphatic carbocycles. The Morgan fingerprint density at radius 3 is 1.92 bits per heavy atom. The summed E-state index contributed by atoms with van der Waals surface area (Å²) in [5.41, 5.74) is 0.385. The lowest BCUT2D eigenvalue weighted by molar-refractivity contribution is -0.143. The molecule has 2 heterocycles. The van der Waals surface area contributed by atoms with Gasteiger partial charge in [0, 0.05) is 37.4 Å². The van der Waals surface area contributed by atoms with Crippen molar-refractivity contribution in [3.05, 3.63) is 70.8 Å². The van der Waals surface area contributed by atoms with E-state index in [0.717, 1.165) is 11.1 Å². The first-order valence-corrected chi connectivity index (χ1v) is 11.3. The number of aryl methyl sites for hydroxylation is 2. The minimum atomic E-state index is -5.00. The normalized spacial score (nSPS) is 14.6. The van der Waals surface area contributed by atoms with Gasteiger partial charge in [-0.15, -0.1) is 10.2 Å². The average Bonchev–Trinajstić information content (AvgIpc) is 2.85. The van der Waals surface area contributed by atoms with E-state index in [1.807, 2.05) is 49.1 Å². The highest BCUT2D eigenvalue weighted by Crippen LogP contribution is 2.37. The van der Waals surface area contributed by atoms with Crippen LogP contribution in [0.15, 0.2) is 48.5 Å². The molecule has 0 radical (unpaired) electrons. The minimum Gasteiger partial charge on any atom is -0.352 e. The lowest BCUT2D eigenvalue weighted by Gasteiger charge is -2.35. The molecule has 1 aliphatic heterocycles. The van der Waals surface area contributed by atoms with Crippen molar-refractivity contribution in [1.82, 2.24) is 15.1 Å². The summed E-state index contributed by atoms with van der Waals surface area (Å²) < 4.78 is 78.5. The Labute approximate surface area is 208 Å². The van der Waals surface area contributed by atoms with Crippen molar-refractivity contribution in [3.8, 4) is 11.3 Å². The molecule has 1 N–H and O–H groups in total. The van der Waals surface area contributed by atoms with Crippen molar-refractivity contribution < 1.29 is 31.1 Å². The third-order valence-electron chi connectivity index (χ3n) is 6.18. The van der Waals surface area contributed by atoms with E-state index >= 15 is 0 Å². The summed E-state index contributed by atoms with van der Waals surface area (Å²) in [6.07, 6.45) is -10.00. The minimum absolute atomic E-state index is 0.0146. The van der Waals surface area contributed by atoms with E-state index in [1.54, 1.807) is 0 Å².